The van der Waals surface area contributed by atoms with Gasteiger partial charge in [-0.15, -0.1) is 11.3 Å². The first-order valence-corrected chi connectivity index (χ1v) is 8.02. The number of thiophene rings is 1. The van der Waals surface area contributed by atoms with E-state index < -0.39 is 0 Å². The van der Waals surface area contributed by atoms with Gasteiger partial charge in [-0.25, -0.2) is 4.79 Å². The van der Waals surface area contributed by atoms with Crippen LogP contribution >= 0.6 is 11.3 Å². The van der Waals surface area contributed by atoms with Gasteiger partial charge in [0, 0.05) is 11.3 Å². The first-order chi connectivity index (χ1) is 10.7. The number of ether oxygens (including phenoxy) is 1. The summed E-state index contributed by atoms with van der Waals surface area (Å²) in [5, 5.41) is 2.97. The number of hydrogen-bond acceptors (Lipinski definition) is 4. The summed E-state index contributed by atoms with van der Waals surface area (Å²) in [6, 6.07) is 16.4. The van der Waals surface area contributed by atoms with Gasteiger partial charge in [-0.3, -0.25) is 0 Å². The van der Waals surface area contributed by atoms with E-state index >= 15 is 0 Å². The Hall–Kier alpha value is -2.33. The third kappa shape index (κ3) is 2.83. The lowest BCUT2D eigenvalue weighted by molar-refractivity contribution is 0.0528. The molecule has 0 fully saturated rings. The fourth-order valence-corrected chi connectivity index (χ4v) is 3.49. The number of rotatable bonds is 4. The second-order valence-electron chi connectivity index (χ2n) is 5.03. The highest BCUT2D eigenvalue weighted by molar-refractivity contribution is 7.16. The number of nitrogen functional groups attached to an aromatic ring is 1. The van der Waals surface area contributed by atoms with Crippen molar-refractivity contribution in [3.8, 4) is 0 Å². The predicted octanol–water partition coefficient (Wildman–Crippen LogP) is 4.25. The maximum absolute atomic E-state index is 11.8. The summed E-state index contributed by atoms with van der Waals surface area (Å²) < 4.78 is 5.03. The van der Waals surface area contributed by atoms with Crippen molar-refractivity contribution in [1.82, 2.24) is 0 Å². The van der Waals surface area contributed by atoms with E-state index in [2.05, 4.69) is 30.3 Å². The molecule has 2 N–H and O–H groups in total. The summed E-state index contributed by atoms with van der Waals surface area (Å²) in [7, 11) is 0. The van der Waals surface area contributed by atoms with Crippen LogP contribution in [0.4, 0.5) is 5.00 Å². The number of benzene rings is 2. The minimum absolute atomic E-state index is 0.347. The molecule has 0 unspecified atom stereocenters. The smallest absolute Gasteiger partial charge is 0.341 e. The van der Waals surface area contributed by atoms with Crippen molar-refractivity contribution in [2.75, 3.05) is 12.3 Å². The van der Waals surface area contributed by atoms with Gasteiger partial charge in [0.05, 0.1) is 12.2 Å². The normalized spacial score (nSPS) is 10.8. The first-order valence-electron chi connectivity index (χ1n) is 7.21. The zero-order valence-electron chi connectivity index (χ0n) is 12.3. The lowest BCUT2D eigenvalue weighted by Gasteiger charge is -2.04. The molecule has 112 valence electrons. The minimum atomic E-state index is -0.347. The lowest BCUT2D eigenvalue weighted by atomic mass is 10.0. The van der Waals surface area contributed by atoms with Gasteiger partial charge in [0.15, 0.2) is 0 Å². The second-order valence-corrected chi connectivity index (χ2v) is 6.19. The number of carbonyl (C=O) groups is 1. The quantitative estimate of drug-likeness (QED) is 0.733. The van der Waals surface area contributed by atoms with E-state index in [1.165, 1.54) is 27.7 Å². The maximum atomic E-state index is 11.8. The number of carbonyl (C=O) groups excluding carboxylic acids is 1. The summed E-state index contributed by atoms with van der Waals surface area (Å²) in [5.74, 6) is -0.347. The number of anilines is 1. The van der Waals surface area contributed by atoms with Crippen LogP contribution in [0.1, 0.15) is 27.7 Å². The molecule has 3 nitrogen and oxygen atoms in total. The highest BCUT2D eigenvalue weighted by atomic mass is 32.1. The maximum Gasteiger partial charge on any atom is 0.341 e. The van der Waals surface area contributed by atoms with E-state index in [0.29, 0.717) is 17.2 Å². The number of esters is 1. The van der Waals surface area contributed by atoms with Crippen LogP contribution in [0.3, 0.4) is 0 Å². The van der Waals surface area contributed by atoms with Gasteiger partial charge in [0.1, 0.15) is 5.00 Å². The van der Waals surface area contributed by atoms with Gasteiger partial charge in [0.2, 0.25) is 0 Å². The number of nitrogens with two attached hydrogens (primary N) is 1. The van der Waals surface area contributed by atoms with E-state index in [0.717, 1.165) is 11.3 Å². The molecule has 3 rings (SSSR count). The molecule has 0 aliphatic rings. The average Bonchev–Trinajstić information content (AvgIpc) is 2.89. The lowest BCUT2D eigenvalue weighted by Crippen LogP contribution is -2.05. The van der Waals surface area contributed by atoms with Crippen LogP contribution < -0.4 is 5.73 Å². The SMILES string of the molecule is CCOC(=O)c1cc(Cc2cccc3ccccc23)sc1N. The van der Waals surface area contributed by atoms with Gasteiger partial charge >= 0.3 is 5.97 Å². The molecule has 0 bridgehead atoms. The van der Waals surface area contributed by atoms with E-state index in [9.17, 15) is 4.79 Å². The van der Waals surface area contributed by atoms with Gasteiger partial charge < -0.3 is 10.5 Å². The van der Waals surface area contributed by atoms with Crippen molar-refractivity contribution < 1.29 is 9.53 Å². The summed E-state index contributed by atoms with van der Waals surface area (Å²) >= 11 is 1.45. The van der Waals surface area contributed by atoms with Crippen LogP contribution in [0, 0.1) is 0 Å². The molecular formula is C18H17NO2S. The summed E-state index contributed by atoms with van der Waals surface area (Å²) in [6.45, 7) is 2.14. The predicted molar refractivity (Wildman–Crippen MR) is 91.4 cm³/mol. The molecule has 22 heavy (non-hydrogen) atoms. The zero-order chi connectivity index (χ0) is 15.5. The highest BCUT2D eigenvalue weighted by Crippen LogP contribution is 2.29. The Balaban J connectivity index is 1.93. The van der Waals surface area contributed by atoms with E-state index in [1.807, 2.05) is 18.2 Å². The fraction of sp³-hybridized carbons (Fsp3) is 0.167. The third-order valence-corrected chi connectivity index (χ3v) is 4.52. The number of fused-ring (bicyclic) bond motifs is 1. The van der Waals surface area contributed by atoms with E-state index in [4.69, 9.17) is 10.5 Å². The molecule has 0 aliphatic carbocycles. The molecule has 0 aliphatic heterocycles. The van der Waals surface area contributed by atoms with Crippen LogP contribution in [0.25, 0.3) is 10.8 Å². The standard InChI is InChI=1S/C18H17NO2S/c1-2-21-18(20)16-11-14(22-17(16)19)10-13-8-5-7-12-6-3-4-9-15(12)13/h3-9,11H,2,10,19H2,1H3. The molecule has 0 radical (unpaired) electrons. The summed E-state index contributed by atoms with van der Waals surface area (Å²) in [5.41, 5.74) is 7.66. The zero-order valence-corrected chi connectivity index (χ0v) is 13.2. The van der Waals surface area contributed by atoms with Crippen molar-refractivity contribution in [3.63, 3.8) is 0 Å². The Labute approximate surface area is 133 Å². The van der Waals surface area contributed by atoms with Gasteiger partial charge in [0.25, 0.3) is 0 Å². The van der Waals surface area contributed by atoms with Crippen LogP contribution in [0.15, 0.2) is 48.5 Å². The fourth-order valence-electron chi connectivity index (χ4n) is 2.55. The molecule has 0 spiro atoms. The average molecular weight is 311 g/mol. The monoisotopic (exact) mass is 311 g/mol. The molecule has 0 saturated heterocycles. The van der Waals surface area contributed by atoms with Crippen molar-refractivity contribution in [1.29, 1.82) is 0 Å². The Morgan fingerprint density at radius 3 is 2.77 bits per heavy atom. The van der Waals surface area contributed by atoms with Gasteiger partial charge in [-0.2, -0.15) is 0 Å². The molecule has 0 atom stereocenters. The summed E-state index contributed by atoms with van der Waals surface area (Å²) in [4.78, 5) is 12.9. The van der Waals surface area contributed by atoms with E-state index in [-0.39, 0.29) is 5.97 Å². The Morgan fingerprint density at radius 1 is 1.18 bits per heavy atom. The molecule has 2 aromatic carbocycles. The highest BCUT2D eigenvalue weighted by Gasteiger charge is 2.15. The largest absolute Gasteiger partial charge is 0.462 e. The number of hydrogen-bond donors (Lipinski definition) is 1. The van der Waals surface area contributed by atoms with Gasteiger partial charge in [-0.1, -0.05) is 42.5 Å². The van der Waals surface area contributed by atoms with Crippen molar-refractivity contribution in [3.05, 3.63) is 64.5 Å². The molecule has 1 aromatic heterocycles. The second kappa shape index (κ2) is 6.20. The van der Waals surface area contributed by atoms with Crippen molar-refractivity contribution in [2.24, 2.45) is 0 Å². The Morgan fingerprint density at radius 2 is 1.95 bits per heavy atom. The van der Waals surface area contributed by atoms with E-state index in [1.54, 1.807) is 6.92 Å². The van der Waals surface area contributed by atoms with Crippen molar-refractivity contribution >= 4 is 33.1 Å². The molecule has 1 heterocycles. The Bertz CT molecular complexity index is 818. The third-order valence-electron chi connectivity index (χ3n) is 3.55. The molecule has 4 heteroatoms. The van der Waals surface area contributed by atoms with Crippen LogP contribution in [-0.4, -0.2) is 12.6 Å². The molecule has 0 saturated carbocycles. The summed E-state index contributed by atoms with van der Waals surface area (Å²) in [6.07, 6.45) is 0.760. The van der Waals surface area contributed by atoms with Crippen LogP contribution in [-0.2, 0) is 11.2 Å². The molecule has 0 amide bonds. The Kier molecular flexibility index (Phi) is 4.11. The minimum Gasteiger partial charge on any atom is -0.462 e. The first kappa shape index (κ1) is 14.6. The topological polar surface area (TPSA) is 52.3 Å². The van der Waals surface area contributed by atoms with Gasteiger partial charge in [-0.05, 0) is 29.3 Å². The van der Waals surface area contributed by atoms with Crippen LogP contribution in [0.2, 0.25) is 0 Å². The van der Waals surface area contributed by atoms with Crippen LogP contribution in [0.5, 0.6) is 0 Å². The molecular weight excluding hydrogens is 294 g/mol. The molecule has 3 aromatic rings. The van der Waals surface area contributed by atoms with Crippen molar-refractivity contribution in [2.45, 2.75) is 13.3 Å².